The van der Waals surface area contributed by atoms with E-state index in [9.17, 15) is 26.3 Å². The van der Waals surface area contributed by atoms with Gasteiger partial charge in [-0.2, -0.15) is 8.78 Å². The standard InChI is InChI=1S/C3H4F4O3S/c4-2(5)3(6,7)1-10-11(8)9/h2H,1H2,(H,8,9)/p-1. The van der Waals surface area contributed by atoms with Gasteiger partial charge in [0.25, 0.3) is 0 Å². The van der Waals surface area contributed by atoms with E-state index >= 15 is 0 Å². The maximum atomic E-state index is 11.8. The molecule has 0 aromatic heterocycles. The van der Waals surface area contributed by atoms with E-state index in [0.29, 0.717) is 0 Å². The summed E-state index contributed by atoms with van der Waals surface area (Å²) in [7, 11) is 0. The number of alkyl halides is 4. The third-order valence-electron chi connectivity index (χ3n) is 0.667. The molecule has 0 bridgehead atoms. The van der Waals surface area contributed by atoms with E-state index in [1.807, 2.05) is 0 Å². The highest BCUT2D eigenvalue weighted by molar-refractivity contribution is 7.74. The fourth-order valence-electron chi connectivity index (χ4n) is 0.190. The average molecular weight is 195 g/mol. The minimum absolute atomic E-state index is 1.83. The molecule has 0 amide bonds. The number of rotatable bonds is 4. The van der Waals surface area contributed by atoms with E-state index in [0.717, 1.165) is 0 Å². The zero-order valence-corrected chi connectivity index (χ0v) is 5.75. The van der Waals surface area contributed by atoms with Gasteiger partial charge in [-0.05, 0) is 0 Å². The molecule has 0 rings (SSSR count). The molecule has 68 valence electrons. The van der Waals surface area contributed by atoms with Crippen molar-refractivity contribution < 1.29 is 30.5 Å². The van der Waals surface area contributed by atoms with Crippen LogP contribution < -0.4 is 0 Å². The summed E-state index contributed by atoms with van der Waals surface area (Å²) in [5.41, 5.74) is 0. The molecule has 0 aliphatic heterocycles. The van der Waals surface area contributed by atoms with Gasteiger partial charge >= 0.3 is 12.3 Å². The van der Waals surface area contributed by atoms with E-state index < -0.39 is 30.3 Å². The van der Waals surface area contributed by atoms with Crippen LogP contribution in [0.2, 0.25) is 0 Å². The van der Waals surface area contributed by atoms with Crippen molar-refractivity contribution in [3.8, 4) is 0 Å². The fraction of sp³-hybridized carbons (Fsp3) is 1.00. The minimum atomic E-state index is -4.42. The molecule has 1 unspecified atom stereocenters. The van der Waals surface area contributed by atoms with E-state index in [1.165, 1.54) is 0 Å². The first-order valence-corrected chi connectivity index (χ1v) is 3.25. The molecule has 1 atom stereocenters. The van der Waals surface area contributed by atoms with Crippen molar-refractivity contribution in [2.45, 2.75) is 12.3 Å². The van der Waals surface area contributed by atoms with Gasteiger partial charge in [0.15, 0.2) is 0 Å². The van der Waals surface area contributed by atoms with Crippen molar-refractivity contribution in [1.82, 2.24) is 0 Å². The molecule has 0 aromatic carbocycles. The highest BCUT2D eigenvalue weighted by Crippen LogP contribution is 2.22. The van der Waals surface area contributed by atoms with Gasteiger partial charge in [-0.15, -0.1) is 0 Å². The topological polar surface area (TPSA) is 49.4 Å². The van der Waals surface area contributed by atoms with Gasteiger partial charge in [0.05, 0.1) is 11.4 Å². The SMILES string of the molecule is O=S([O-])OCC(F)(F)C(F)F. The molecule has 11 heavy (non-hydrogen) atoms. The third-order valence-corrected chi connectivity index (χ3v) is 0.977. The van der Waals surface area contributed by atoms with Crippen LogP contribution in [-0.4, -0.2) is 27.7 Å². The smallest absolute Gasteiger partial charge is 0.331 e. The van der Waals surface area contributed by atoms with Gasteiger partial charge in [-0.3, -0.25) is 4.18 Å². The summed E-state index contributed by atoms with van der Waals surface area (Å²) in [6.07, 6.45) is -3.92. The Morgan fingerprint density at radius 2 is 2.00 bits per heavy atom. The molecule has 8 heteroatoms. The first kappa shape index (κ1) is 10.8. The number of halogens is 4. The van der Waals surface area contributed by atoms with Crippen LogP contribution in [0.25, 0.3) is 0 Å². The van der Waals surface area contributed by atoms with Crippen molar-refractivity contribution in [2.75, 3.05) is 6.61 Å². The molecule has 0 spiro atoms. The molecular formula is C3H3F4O3S-. The lowest BCUT2D eigenvalue weighted by atomic mass is 10.4. The normalized spacial score (nSPS) is 15.5. The minimum Gasteiger partial charge on any atom is -0.750 e. The molecule has 0 fully saturated rings. The third kappa shape index (κ3) is 4.27. The second-order valence-electron chi connectivity index (χ2n) is 1.53. The molecule has 0 aromatic rings. The van der Waals surface area contributed by atoms with Gasteiger partial charge in [0.1, 0.15) is 6.61 Å². The Kier molecular flexibility index (Phi) is 3.90. The first-order valence-electron chi connectivity index (χ1n) is 2.25. The van der Waals surface area contributed by atoms with Crippen LogP contribution in [0.1, 0.15) is 0 Å². The predicted octanol–water partition coefficient (Wildman–Crippen LogP) is 0.698. The van der Waals surface area contributed by atoms with E-state index in [2.05, 4.69) is 4.18 Å². The molecule has 0 aliphatic carbocycles. The lowest BCUT2D eigenvalue weighted by molar-refractivity contribution is -0.147. The van der Waals surface area contributed by atoms with Crippen molar-refractivity contribution in [3.63, 3.8) is 0 Å². The molecule has 0 radical (unpaired) electrons. The van der Waals surface area contributed by atoms with Gasteiger partial charge in [0.2, 0.25) is 0 Å². The van der Waals surface area contributed by atoms with Crippen LogP contribution in [0.15, 0.2) is 0 Å². The zero-order chi connectivity index (χ0) is 9.07. The Morgan fingerprint density at radius 3 is 2.27 bits per heavy atom. The molecule has 0 N–H and O–H groups in total. The maximum Gasteiger partial charge on any atom is 0.331 e. The largest absolute Gasteiger partial charge is 0.750 e. The Bertz CT molecular complexity index is 150. The Balaban J connectivity index is 3.82. The number of hydrogen-bond acceptors (Lipinski definition) is 3. The van der Waals surface area contributed by atoms with E-state index in [4.69, 9.17) is 0 Å². The predicted molar refractivity (Wildman–Crippen MR) is 25.8 cm³/mol. The van der Waals surface area contributed by atoms with Gasteiger partial charge in [0, 0.05) is 0 Å². The Hall–Kier alpha value is -0.210. The van der Waals surface area contributed by atoms with Crippen LogP contribution in [0.4, 0.5) is 17.6 Å². The molecule has 3 nitrogen and oxygen atoms in total. The molecule has 0 heterocycles. The Labute approximate surface area is 61.8 Å². The summed E-state index contributed by atoms with van der Waals surface area (Å²) in [5, 5.41) is 0. The van der Waals surface area contributed by atoms with Crippen LogP contribution in [0, 0.1) is 0 Å². The van der Waals surface area contributed by atoms with Gasteiger partial charge < -0.3 is 4.55 Å². The second kappa shape index (κ2) is 3.98. The zero-order valence-electron chi connectivity index (χ0n) is 4.93. The van der Waals surface area contributed by atoms with Crippen molar-refractivity contribution in [2.24, 2.45) is 0 Å². The summed E-state index contributed by atoms with van der Waals surface area (Å²) >= 11 is -3.19. The van der Waals surface area contributed by atoms with Crippen LogP contribution in [0.3, 0.4) is 0 Å². The first-order chi connectivity index (χ1) is 4.86. The van der Waals surface area contributed by atoms with Crippen LogP contribution >= 0.6 is 0 Å². The summed E-state index contributed by atoms with van der Waals surface area (Å²) in [4.78, 5) is 0. The van der Waals surface area contributed by atoms with Gasteiger partial charge in [-0.25, -0.2) is 13.0 Å². The molecule has 0 saturated carbocycles. The maximum absolute atomic E-state index is 11.8. The summed E-state index contributed by atoms with van der Waals surface area (Å²) < 4.78 is 68.2. The summed E-state index contributed by atoms with van der Waals surface area (Å²) in [6.45, 7) is -1.83. The molecule has 0 saturated heterocycles. The van der Waals surface area contributed by atoms with Crippen LogP contribution in [-0.2, 0) is 15.5 Å². The lowest BCUT2D eigenvalue weighted by Crippen LogP contribution is -2.32. The van der Waals surface area contributed by atoms with E-state index in [-0.39, 0.29) is 0 Å². The lowest BCUT2D eigenvalue weighted by Gasteiger charge is -2.15. The quantitative estimate of drug-likeness (QED) is 0.490. The van der Waals surface area contributed by atoms with E-state index in [1.54, 1.807) is 0 Å². The van der Waals surface area contributed by atoms with Crippen molar-refractivity contribution >= 4 is 11.4 Å². The number of hydrogen-bond donors (Lipinski definition) is 0. The van der Waals surface area contributed by atoms with Crippen LogP contribution in [0.5, 0.6) is 0 Å². The highest BCUT2D eigenvalue weighted by atomic mass is 32.2. The van der Waals surface area contributed by atoms with Crippen molar-refractivity contribution in [1.29, 1.82) is 0 Å². The highest BCUT2D eigenvalue weighted by Gasteiger charge is 2.41. The molecular weight excluding hydrogens is 192 g/mol. The molecule has 0 aliphatic rings. The monoisotopic (exact) mass is 195 g/mol. The second-order valence-corrected chi connectivity index (χ2v) is 2.17. The average Bonchev–Trinajstić information content (AvgIpc) is 1.84. The summed E-state index contributed by atoms with van der Waals surface area (Å²) in [5.74, 6) is -4.42. The Morgan fingerprint density at radius 1 is 1.55 bits per heavy atom. The van der Waals surface area contributed by atoms with Gasteiger partial charge in [-0.1, -0.05) is 0 Å². The van der Waals surface area contributed by atoms with Crippen molar-refractivity contribution in [3.05, 3.63) is 0 Å². The fourth-order valence-corrected chi connectivity index (χ4v) is 0.443. The summed E-state index contributed by atoms with van der Waals surface area (Å²) in [6, 6.07) is 0.